The van der Waals surface area contributed by atoms with Gasteiger partial charge in [-0.1, -0.05) is 41.7 Å². The fraction of sp³-hybridized carbons (Fsp3) is 0. The van der Waals surface area contributed by atoms with Gasteiger partial charge in [0.1, 0.15) is 0 Å². The number of hydrogen-bond donors (Lipinski definition) is 3. The monoisotopic (exact) mass is 300 g/mol. The Bertz CT molecular complexity index is 709. The number of carboxylic acids is 1. The molecule has 3 N–H and O–H groups in total. The molecule has 0 aliphatic heterocycles. The maximum absolute atomic E-state index is 11.1. The Hall–Kier alpha value is -1.97. The summed E-state index contributed by atoms with van der Waals surface area (Å²) in [6.07, 6.45) is 0. The number of benzene rings is 1. The number of anilines is 1. The molecule has 9 heteroatoms. The quantitative estimate of drug-likeness (QED) is 0.740. The third-order valence-electron chi connectivity index (χ3n) is 2.08. The van der Waals surface area contributed by atoms with Crippen LogP contribution in [-0.4, -0.2) is 29.0 Å². The van der Waals surface area contributed by atoms with Gasteiger partial charge in [-0.25, -0.2) is 14.5 Å². The van der Waals surface area contributed by atoms with Crippen molar-refractivity contribution < 1.29 is 22.9 Å². The van der Waals surface area contributed by atoms with Crippen LogP contribution >= 0.6 is 11.3 Å². The van der Waals surface area contributed by atoms with Crippen molar-refractivity contribution in [2.45, 2.75) is 0 Å². The summed E-state index contributed by atoms with van der Waals surface area (Å²) in [7, 11) is -4.48. The molecule has 19 heavy (non-hydrogen) atoms. The van der Waals surface area contributed by atoms with E-state index in [-0.39, 0.29) is 10.8 Å². The molecule has 0 atom stereocenters. The van der Waals surface area contributed by atoms with Crippen LogP contribution in [0.1, 0.15) is 10.5 Å². The average Bonchev–Trinajstić information content (AvgIpc) is 2.72. The molecule has 1 heterocycles. The van der Waals surface area contributed by atoms with Crippen molar-refractivity contribution >= 4 is 32.7 Å². The molecule has 0 saturated carbocycles. The van der Waals surface area contributed by atoms with Gasteiger partial charge in [-0.15, -0.1) is 0 Å². The van der Waals surface area contributed by atoms with E-state index in [0.29, 0.717) is 10.4 Å². The van der Waals surface area contributed by atoms with Crippen molar-refractivity contribution in [2.75, 3.05) is 4.72 Å². The summed E-state index contributed by atoms with van der Waals surface area (Å²) in [5, 5.41) is 8.83. The Labute approximate surface area is 112 Å². The number of aromatic carboxylic acids is 1. The number of aromatic nitrogens is 1. The summed E-state index contributed by atoms with van der Waals surface area (Å²) >= 11 is 0.826. The first kappa shape index (κ1) is 13.5. The number of nitrogens with one attached hydrogen (secondary N) is 1. The topological polar surface area (TPSA) is 117 Å². The highest BCUT2D eigenvalue weighted by Crippen LogP contribution is 2.33. The summed E-state index contributed by atoms with van der Waals surface area (Å²) in [4.78, 5) is 15.0. The molecule has 0 aliphatic carbocycles. The molecule has 7 nitrogen and oxygen atoms in total. The van der Waals surface area contributed by atoms with E-state index in [9.17, 15) is 13.2 Å². The van der Waals surface area contributed by atoms with Crippen LogP contribution in [0.15, 0.2) is 30.3 Å². The Morgan fingerprint density at radius 1 is 1.26 bits per heavy atom. The molecule has 0 bridgehead atoms. The third-order valence-corrected chi connectivity index (χ3v) is 3.68. The van der Waals surface area contributed by atoms with Crippen molar-refractivity contribution in [3.05, 3.63) is 36.0 Å². The number of carboxylic acid groups (broad SMARTS) is 1. The third kappa shape index (κ3) is 3.28. The van der Waals surface area contributed by atoms with Gasteiger partial charge < -0.3 is 5.11 Å². The maximum atomic E-state index is 11.1. The zero-order valence-electron chi connectivity index (χ0n) is 9.27. The van der Waals surface area contributed by atoms with Gasteiger partial charge in [0.15, 0.2) is 10.8 Å². The number of hydrogen-bond acceptors (Lipinski definition) is 5. The molecule has 1 aromatic carbocycles. The van der Waals surface area contributed by atoms with E-state index < -0.39 is 16.3 Å². The summed E-state index contributed by atoms with van der Waals surface area (Å²) in [5.41, 5.74) is 0.322. The van der Waals surface area contributed by atoms with Crippen LogP contribution in [-0.2, 0) is 10.3 Å². The van der Waals surface area contributed by atoms with E-state index in [2.05, 4.69) is 4.98 Å². The predicted octanol–water partition coefficient (Wildman–Crippen LogP) is 1.72. The van der Waals surface area contributed by atoms with Crippen LogP contribution in [0.25, 0.3) is 10.4 Å². The minimum absolute atomic E-state index is 0.209. The minimum atomic E-state index is -4.48. The van der Waals surface area contributed by atoms with Crippen molar-refractivity contribution in [1.82, 2.24) is 4.98 Å². The van der Waals surface area contributed by atoms with Crippen molar-refractivity contribution in [3.63, 3.8) is 0 Å². The lowest BCUT2D eigenvalue weighted by molar-refractivity contribution is 0.0692. The second-order valence-corrected chi connectivity index (χ2v) is 5.60. The number of rotatable bonds is 4. The molecular weight excluding hydrogens is 292 g/mol. The van der Waals surface area contributed by atoms with Gasteiger partial charge >= 0.3 is 16.3 Å². The molecule has 0 spiro atoms. The van der Waals surface area contributed by atoms with E-state index in [0.717, 1.165) is 11.3 Å². The van der Waals surface area contributed by atoms with Gasteiger partial charge in [0.2, 0.25) is 0 Å². The molecule has 0 aliphatic rings. The van der Waals surface area contributed by atoms with E-state index >= 15 is 0 Å². The van der Waals surface area contributed by atoms with E-state index in [1.54, 1.807) is 35.1 Å². The largest absolute Gasteiger partial charge is 0.476 e. The molecule has 0 amide bonds. The van der Waals surface area contributed by atoms with Crippen LogP contribution in [0.4, 0.5) is 5.13 Å². The minimum Gasteiger partial charge on any atom is -0.476 e. The summed E-state index contributed by atoms with van der Waals surface area (Å²) in [5.74, 6) is -1.28. The van der Waals surface area contributed by atoms with Crippen LogP contribution < -0.4 is 4.72 Å². The highest BCUT2D eigenvalue weighted by Gasteiger charge is 2.20. The van der Waals surface area contributed by atoms with Gasteiger partial charge in [0.05, 0.1) is 4.88 Å². The van der Waals surface area contributed by atoms with Crippen LogP contribution in [0.2, 0.25) is 0 Å². The molecule has 0 fully saturated rings. The zero-order chi connectivity index (χ0) is 14.0. The molecule has 100 valence electrons. The highest BCUT2D eigenvalue weighted by molar-refractivity contribution is 7.87. The number of thiazole rings is 1. The van der Waals surface area contributed by atoms with Gasteiger partial charge in [-0.2, -0.15) is 8.42 Å². The van der Waals surface area contributed by atoms with Crippen molar-refractivity contribution in [1.29, 1.82) is 0 Å². The summed E-state index contributed by atoms with van der Waals surface area (Å²) in [6.45, 7) is 0. The van der Waals surface area contributed by atoms with Gasteiger partial charge in [-0.05, 0) is 5.56 Å². The second kappa shape index (κ2) is 4.96. The highest BCUT2D eigenvalue weighted by atomic mass is 32.2. The SMILES string of the molecule is O=C(O)c1nc(NS(=O)(=O)O)sc1-c1ccccc1. The van der Waals surface area contributed by atoms with Crippen LogP contribution in [0, 0.1) is 0 Å². The number of nitrogens with zero attached hydrogens (tertiary/aromatic N) is 1. The van der Waals surface area contributed by atoms with E-state index in [1.807, 2.05) is 0 Å². The fourth-order valence-corrected chi connectivity index (χ4v) is 2.97. The van der Waals surface area contributed by atoms with E-state index in [1.165, 1.54) is 0 Å². The van der Waals surface area contributed by atoms with Crippen molar-refractivity contribution in [3.8, 4) is 10.4 Å². The van der Waals surface area contributed by atoms with Gasteiger partial charge in [0, 0.05) is 0 Å². The fourth-order valence-electron chi connectivity index (χ4n) is 1.40. The first-order valence-electron chi connectivity index (χ1n) is 4.91. The lowest BCUT2D eigenvalue weighted by Gasteiger charge is -1.97. The Kier molecular flexibility index (Phi) is 3.51. The molecule has 2 aromatic rings. The van der Waals surface area contributed by atoms with Crippen molar-refractivity contribution in [2.24, 2.45) is 0 Å². The Morgan fingerprint density at radius 2 is 1.89 bits per heavy atom. The van der Waals surface area contributed by atoms with Gasteiger partial charge in [-0.3, -0.25) is 4.55 Å². The Balaban J connectivity index is 2.51. The van der Waals surface area contributed by atoms with Gasteiger partial charge in [0.25, 0.3) is 0 Å². The zero-order valence-corrected chi connectivity index (χ0v) is 10.9. The predicted molar refractivity (Wildman–Crippen MR) is 69.7 cm³/mol. The molecule has 0 radical (unpaired) electrons. The first-order chi connectivity index (χ1) is 8.87. The van der Waals surface area contributed by atoms with Crippen LogP contribution in [0.3, 0.4) is 0 Å². The standard InChI is InChI=1S/C10H8N2O5S2/c13-9(14)7-8(6-4-2-1-3-5-6)18-10(11-7)12-19(15,16)17/h1-5H,(H,11,12)(H,13,14)(H,15,16,17). The lowest BCUT2D eigenvalue weighted by atomic mass is 10.1. The van der Waals surface area contributed by atoms with Crippen LogP contribution in [0.5, 0.6) is 0 Å². The first-order valence-corrected chi connectivity index (χ1v) is 7.17. The number of carbonyl (C=O) groups is 1. The maximum Gasteiger partial charge on any atom is 0.359 e. The summed E-state index contributed by atoms with van der Waals surface area (Å²) < 4.78 is 31.8. The smallest absolute Gasteiger partial charge is 0.359 e. The van der Waals surface area contributed by atoms with E-state index in [4.69, 9.17) is 9.66 Å². The average molecular weight is 300 g/mol. The lowest BCUT2D eigenvalue weighted by Crippen LogP contribution is -2.10. The molecule has 2 rings (SSSR count). The normalized spacial score (nSPS) is 11.2. The molecule has 0 saturated heterocycles. The molecular formula is C10H8N2O5S2. The summed E-state index contributed by atoms with van der Waals surface area (Å²) in [6, 6.07) is 8.56. The molecule has 1 aromatic heterocycles. The second-order valence-electron chi connectivity index (χ2n) is 3.45. The molecule has 0 unspecified atom stereocenters. The Morgan fingerprint density at radius 3 is 2.42 bits per heavy atom.